The number of likely N-dealkylation sites (N-methyl/N-ethyl adjacent to an activating group) is 2. The largest absolute Gasteiger partial charge is 0.493 e. The third-order valence-electron chi connectivity index (χ3n) is 4.49. The Kier molecular flexibility index (Phi) is 5.94. The van der Waals surface area contributed by atoms with Gasteiger partial charge in [-0.1, -0.05) is 24.3 Å². The molecule has 1 amide bonds. The molecule has 5 nitrogen and oxygen atoms in total. The summed E-state index contributed by atoms with van der Waals surface area (Å²) in [5.74, 6) is 0.536. The summed E-state index contributed by atoms with van der Waals surface area (Å²) in [6.07, 6.45) is 1.76. The first kappa shape index (κ1) is 19.8. The minimum Gasteiger partial charge on any atom is -0.493 e. The standard InChI is InChI=1S/C21H21FN2O3S/c1-4-24-20(25)17(23(2)21(24)28)11-14-9-10-18(19(12-14)26-3)27-13-15-7-5-6-8-16(15)22/h5-12H,4,13H2,1-3H3/b17-11-. The highest BCUT2D eigenvalue weighted by Crippen LogP contribution is 2.31. The molecule has 146 valence electrons. The predicted molar refractivity (Wildman–Crippen MR) is 109 cm³/mol. The van der Waals surface area contributed by atoms with E-state index in [1.165, 1.54) is 13.2 Å². The highest BCUT2D eigenvalue weighted by molar-refractivity contribution is 7.80. The Morgan fingerprint density at radius 2 is 1.93 bits per heavy atom. The fraction of sp³-hybridized carbons (Fsp3) is 0.238. The molecule has 0 N–H and O–H groups in total. The molecule has 2 aromatic rings. The number of carbonyl (C=O) groups is 1. The van der Waals surface area contributed by atoms with Gasteiger partial charge in [-0.15, -0.1) is 0 Å². The molecule has 0 bridgehead atoms. The van der Waals surface area contributed by atoms with Crippen LogP contribution in [0, 0.1) is 5.82 Å². The van der Waals surface area contributed by atoms with Crippen LogP contribution in [-0.4, -0.2) is 41.5 Å². The number of nitrogens with zero attached hydrogens (tertiary/aromatic N) is 2. The first-order chi connectivity index (χ1) is 13.5. The number of benzene rings is 2. The van der Waals surface area contributed by atoms with Gasteiger partial charge in [-0.05, 0) is 49.0 Å². The van der Waals surface area contributed by atoms with Crippen LogP contribution in [0.2, 0.25) is 0 Å². The summed E-state index contributed by atoms with van der Waals surface area (Å²) in [7, 11) is 3.30. The van der Waals surface area contributed by atoms with E-state index in [1.807, 2.05) is 13.0 Å². The summed E-state index contributed by atoms with van der Waals surface area (Å²) in [6, 6.07) is 11.8. The van der Waals surface area contributed by atoms with E-state index in [9.17, 15) is 9.18 Å². The molecule has 7 heteroatoms. The second-order valence-electron chi connectivity index (χ2n) is 6.21. The summed E-state index contributed by atoms with van der Waals surface area (Å²) in [4.78, 5) is 15.7. The number of methoxy groups -OCH3 is 1. The van der Waals surface area contributed by atoms with Gasteiger partial charge in [-0.3, -0.25) is 9.69 Å². The molecule has 0 aliphatic carbocycles. The van der Waals surface area contributed by atoms with Crippen LogP contribution in [0.25, 0.3) is 6.08 Å². The number of hydrogen-bond donors (Lipinski definition) is 0. The lowest BCUT2D eigenvalue weighted by Gasteiger charge is -2.14. The van der Waals surface area contributed by atoms with Crippen molar-refractivity contribution >= 4 is 29.3 Å². The fourth-order valence-corrected chi connectivity index (χ4v) is 3.22. The molecule has 0 atom stereocenters. The van der Waals surface area contributed by atoms with E-state index in [1.54, 1.807) is 53.3 Å². The number of thiocarbonyl (C=S) groups is 1. The third kappa shape index (κ3) is 3.84. The van der Waals surface area contributed by atoms with Crippen LogP contribution in [0.4, 0.5) is 4.39 Å². The molecule has 0 radical (unpaired) electrons. The van der Waals surface area contributed by atoms with Gasteiger partial charge < -0.3 is 14.4 Å². The van der Waals surface area contributed by atoms with Crippen molar-refractivity contribution in [2.24, 2.45) is 0 Å². The first-order valence-corrected chi connectivity index (χ1v) is 9.22. The summed E-state index contributed by atoms with van der Waals surface area (Å²) in [5.41, 5.74) is 1.72. The Bertz CT molecular complexity index is 945. The highest BCUT2D eigenvalue weighted by atomic mass is 32.1. The number of rotatable bonds is 6. The molecule has 1 aliphatic heterocycles. The van der Waals surface area contributed by atoms with Crippen molar-refractivity contribution in [1.29, 1.82) is 0 Å². The molecule has 1 fully saturated rings. The number of amides is 1. The minimum absolute atomic E-state index is 0.0877. The van der Waals surface area contributed by atoms with Crippen molar-refractivity contribution in [2.45, 2.75) is 13.5 Å². The zero-order valence-corrected chi connectivity index (χ0v) is 16.8. The summed E-state index contributed by atoms with van der Waals surface area (Å²) < 4.78 is 24.9. The second-order valence-corrected chi connectivity index (χ2v) is 6.58. The lowest BCUT2D eigenvalue weighted by molar-refractivity contribution is -0.122. The molecular formula is C21H21FN2O3S. The summed E-state index contributed by atoms with van der Waals surface area (Å²) >= 11 is 5.31. The molecular weight excluding hydrogens is 379 g/mol. The maximum atomic E-state index is 13.8. The van der Waals surface area contributed by atoms with Crippen LogP contribution < -0.4 is 9.47 Å². The van der Waals surface area contributed by atoms with Crippen molar-refractivity contribution in [3.8, 4) is 11.5 Å². The van der Waals surface area contributed by atoms with Crippen LogP contribution in [-0.2, 0) is 11.4 Å². The van der Waals surface area contributed by atoms with E-state index < -0.39 is 0 Å². The molecule has 2 aromatic carbocycles. The lowest BCUT2D eigenvalue weighted by Crippen LogP contribution is -2.30. The molecule has 3 rings (SSSR count). The molecule has 28 heavy (non-hydrogen) atoms. The van der Waals surface area contributed by atoms with Gasteiger partial charge in [0.2, 0.25) is 0 Å². The van der Waals surface area contributed by atoms with Gasteiger partial charge in [0.05, 0.1) is 7.11 Å². The quantitative estimate of drug-likeness (QED) is 0.545. The number of halogens is 1. The molecule has 0 spiro atoms. The van der Waals surface area contributed by atoms with Crippen molar-refractivity contribution in [3.63, 3.8) is 0 Å². The first-order valence-electron chi connectivity index (χ1n) is 8.81. The second kappa shape index (κ2) is 8.39. The van der Waals surface area contributed by atoms with Gasteiger partial charge in [0.15, 0.2) is 16.6 Å². The van der Waals surface area contributed by atoms with Crippen LogP contribution in [0.3, 0.4) is 0 Å². The normalized spacial score (nSPS) is 15.5. The smallest absolute Gasteiger partial charge is 0.276 e. The average Bonchev–Trinajstić information content (AvgIpc) is 2.90. The van der Waals surface area contributed by atoms with Crippen molar-refractivity contribution in [3.05, 3.63) is 65.1 Å². The SMILES string of the molecule is CCN1C(=O)/C(=C/c2ccc(OCc3ccccc3F)c(OC)c2)N(C)C1=S. The Balaban J connectivity index is 1.83. The Morgan fingerprint density at radius 1 is 1.18 bits per heavy atom. The molecule has 1 heterocycles. The van der Waals surface area contributed by atoms with E-state index in [4.69, 9.17) is 21.7 Å². The fourth-order valence-electron chi connectivity index (χ4n) is 2.91. The van der Waals surface area contributed by atoms with E-state index in [2.05, 4.69) is 0 Å². The third-order valence-corrected chi connectivity index (χ3v) is 4.99. The summed E-state index contributed by atoms with van der Waals surface area (Å²) in [5, 5.41) is 0.482. The van der Waals surface area contributed by atoms with E-state index >= 15 is 0 Å². The van der Waals surface area contributed by atoms with E-state index in [-0.39, 0.29) is 18.3 Å². The lowest BCUT2D eigenvalue weighted by atomic mass is 10.1. The Morgan fingerprint density at radius 3 is 2.57 bits per heavy atom. The average molecular weight is 400 g/mol. The zero-order chi connectivity index (χ0) is 20.3. The maximum absolute atomic E-state index is 13.8. The Hall–Kier alpha value is -2.93. The van der Waals surface area contributed by atoms with Gasteiger partial charge in [0, 0.05) is 19.2 Å². The summed E-state index contributed by atoms with van der Waals surface area (Å²) in [6.45, 7) is 2.49. The van der Waals surface area contributed by atoms with Gasteiger partial charge in [0.1, 0.15) is 18.1 Å². The molecule has 0 unspecified atom stereocenters. The molecule has 1 aliphatic rings. The van der Waals surface area contributed by atoms with E-state index in [0.29, 0.717) is 34.4 Å². The van der Waals surface area contributed by atoms with E-state index in [0.717, 1.165) is 5.56 Å². The maximum Gasteiger partial charge on any atom is 0.276 e. The Labute approximate surface area is 169 Å². The molecule has 0 saturated carbocycles. The molecule has 1 saturated heterocycles. The van der Waals surface area contributed by atoms with Crippen molar-refractivity contribution in [1.82, 2.24) is 9.80 Å². The number of hydrogen-bond acceptors (Lipinski definition) is 4. The van der Waals surface area contributed by atoms with Crippen LogP contribution in [0.5, 0.6) is 11.5 Å². The van der Waals surface area contributed by atoms with Gasteiger partial charge in [0.25, 0.3) is 5.91 Å². The highest BCUT2D eigenvalue weighted by Gasteiger charge is 2.34. The van der Waals surface area contributed by atoms with Gasteiger partial charge in [-0.25, -0.2) is 4.39 Å². The predicted octanol–water partition coefficient (Wildman–Crippen LogP) is 3.83. The number of carbonyl (C=O) groups excluding carboxylic acids is 1. The van der Waals surface area contributed by atoms with Crippen molar-refractivity contribution < 1.29 is 18.7 Å². The number of ether oxygens (including phenoxy) is 2. The topological polar surface area (TPSA) is 42.0 Å². The van der Waals surface area contributed by atoms with Gasteiger partial charge in [-0.2, -0.15) is 0 Å². The van der Waals surface area contributed by atoms with Crippen molar-refractivity contribution in [2.75, 3.05) is 20.7 Å². The monoisotopic (exact) mass is 400 g/mol. The van der Waals surface area contributed by atoms with Gasteiger partial charge >= 0.3 is 0 Å². The minimum atomic E-state index is -0.318. The van der Waals surface area contributed by atoms with Crippen LogP contribution in [0.1, 0.15) is 18.1 Å². The zero-order valence-electron chi connectivity index (χ0n) is 15.9. The molecule has 0 aromatic heterocycles. The van der Waals surface area contributed by atoms with Crippen LogP contribution in [0.15, 0.2) is 48.2 Å². The van der Waals surface area contributed by atoms with Crippen LogP contribution >= 0.6 is 12.2 Å².